The lowest BCUT2D eigenvalue weighted by Crippen LogP contribution is -3.00. The zero-order valence-electron chi connectivity index (χ0n) is 14.0. The molecule has 3 rings (SSSR count). The van der Waals surface area contributed by atoms with Gasteiger partial charge in [-0.25, -0.2) is 0 Å². The van der Waals surface area contributed by atoms with Crippen molar-refractivity contribution in [3.63, 3.8) is 0 Å². The highest BCUT2D eigenvalue weighted by Crippen LogP contribution is 2.29. The normalized spacial score (nSPS) is 10.7. The Morgan fingerprint density at radius 2 is 1.39 bits per heavy atom. The molecule has 3 heteroatoms. The summed E-state index contributed by atoms with van der Waals surface area (Å²) < 4.78 is 2.28. The Morgan fingerprint density at radius 1 is 0.826 bits per heavy atom. The quantitative estimate of drug-likeness (QED) is 0.414. The first-order valence-electron chi connectivity index (χ1n) is 8.36. The fourth-order valence-electron chi connectivity index (χ4n) is 3.19. The SMILES string of the molecule is CCCCCCNc1c2ccccc2[n+](C)c2ccccc12.[Cl-]. The van der Waals surface area contributed by atoms with E-state index in [4.69, 9.17) is 0 Å². The maximum absolute atomic E-state index is 3.70. The van der Waals surface area contributed by atoms with Crippen LogP contribution in [-0.4, -0.2) is 6.54 Å². The van der Waals surface area contributed by atoms with Gasteiger partial charge in [0, 0.05) is 18.7 Å². The van der Waals surface area contributed by atoms with Crippen LogP contribution in [0.3, 0.4) is 0 Å². The summed E-state index contributed by atoms with van der Waals surface area (Å²) >= 11 is 0. The van der Waals surface area contributed by atoms with E-state index in [1.54, 1.807) is 0 Å². The van der Waals surface area contributed by atoms with Gasteiger partial charge in [-0.2, -0.15) is 4.57 Å². The fourth-order valence-corrected chi connectivity index (χ4v) is 3.19. The van der Waals surface area contributed by atoms with Crippen molar-refractivity contribution < 1.29 is 17.0 Å². The number of para-hydroxylation sites is 2. The first kappa shape index (κ1) is 17.6. The van der Waals surface area contributed by atoms with E-state index in [1.165, 1.54) is 53.2 Å². The molecule has 0 aliphatic rings. The number of hydrogen-bond acceptors (Lipinski definition) is 1. The highest BCUT2D eigenvalue weighted by Gasteiger charge is 2.16. The van der Waals surface area contributed by atoms with Gasteiger partial charge in [-0.05, 0) is 18.6 Å². The largest absolute Gasteiger partial charge is 1.00 e. The fraction of sp³-hybridized carbons (Fsp3) is 0.350. The Balaban J connectivity index is 0.00000192. The molecule has 0 radical (unpaired) electrons. The van der Waals surface area contributed by atoms with Crippen molar-refractivity contribution in [2.75, 3.05) is 11.9 Å². The van der Waals surface area contributed by atoms with Crippen LogP contribution in [0.25, 0.3) is 21.8 Å². The number of anilines is 1. The number of aryl methyl sites for hydroxylation is 1. The van der Waals surface area contributed by atoms with E-state index in [0.29, 0.717) is 0 Å². The third-order valence-electron chi connectivity index (χ3n) is 4.40. The molecular formula is C20H25ClN2. The lowest BCUT2D eigenvalue weighted by Gasteiger charge is -2.12. The number of rotatable bonds is 6. The first-order chi connectivity index (χ1) is 10.8. The molecule has 0 saturated carbocycles. The van der Waals surface area contributed by atoms with Gasteiger partial charge in [0.1, 0.15) is 7.05 Å². The zero-order valence-corrected chi connectivity index (χ0v) is 14.7. The summed E-state index contributed by atoms with van der Waals surface area (Å²) in [6, 6.07) is 17.3. The predicted molar refractivity (Wildman–Crippen MR) is 95.3 cm³/mol. The Hall–Kier alpha value is -1.80. The summed E-state index contributed by atoms with van der Waals surface area (Å²) in [4.78, 5) is 0. The molecule has 0 bridgehead atoms. The molecule has 0 spiro atoms. The van der Waals surface area contributed by atoms with Gasteiger partial charge in [0.05, 0.1) is 16.5 Å². The number of pyridine rings is 1. The molecule has 0 aliphatic carbocycles. The van der Waals surface area contributed by atoms with E-state index in [9.17, 15) is 0 Å². The second-order valence-electron chi connectivity index (χ2n) is 5.96. The number of halogens is 1. The molecule has 23 heavy (non-hydrogen) atoms. The van der Waals surface area contributed by atoms with Crippen molar-refractivity contribution in [3.05, 3.63) is 48.5 Å². The number of benzene rings is 2. The van der Waals surface area contributed by atoms with E-state index >= 15 is 0 Å². The molecule has 1 N–H and O–H groups in total. The van der Waals surface area contributed by atoms with Gasteiger partial charge < -0.3 is 17.7 Å². The Bertz CT molecular complexity index is 726. The molecule has 0 atom stereocenters. The number of hydrogen-bond donors (Lipinski definition) is 1. The molecule has 122 valence electrons. The molecule has 1 aromatic heterocycles. The van der Waals surface area contributed by atoms with Crippen LogP contribution < -0.4 is 22.3 Å². The Labute approximate surface area is 144 Å². The summed E-state index contributed by atoms with van der Waals surface area (Å²) in [5.74, 6) is 0. The molecule has 0 aliphatic heterocycles. The molecule has 3 aromatic rings. The minimum atomic E-state index is 0. The lowest BCUT2D eigenvalue weighted by atomic mass is 10.1. The molecule has 0 amide bonds. The van der Waals surface area contributed by atoms with Crippen LogP contribution in [0.4, 0.5) is 5.69 Å². The standard InChI is InChI=1S/C20H24N2.ClH/c1-3-4-5-10-15-21-20-16-11-6-8-13-18(16)22(2)19-14-9-7-12-17(19)20;/h6-9,11-14H,3-5,10,15H2,1-2H3;1H. The second-order valence-corrected chi connectivity index (χ2v) is 5.96. The van der Waals surface area contributed by atoms with Crippen LogP contribution in [0.15, 0.2) is 48.5 Å². The highest BCUT2D eigenvalue weighted by atomic mass is 35.5. The van der Waals surface area contributed by atoms with Crippen molar-refractivity contribution >= 4 is 27.5 Å². The first-order valence-corrected chi connectivity index (χ1v) is 8.36. The third kappa shape index (κ3) is 3.59. The van der Waals surface area contributed by atoms with Crippen molar-refractivity contribution in [1.82, 2.24) is 0 Å². The topological polar surface area (TPSA) is 15.9 Å². The van der Waals surface area contributed by atoms with Gasteiger partial charge in [0.15, 0.2) is 0 Å². The average molecular weight is 329 g/mol. The highest BCUT2D eigenvalue weighted by molar-refractivity contribution is 6.04. The second kappa shape index (κ2) is 8.16. The van der Waals surface area contributed by atoms with Gasteiger partial charge >= 0.3 is 0 Å². The maximum Gasteiger partial charge on any atom is 0.214 e. The summed E-state index contributed by atoms with van der Waals surface area (Å²) in [6.07, 6.45) is 5.15. The van der Waals surface area contributed by atoms with Crippen LogP contribution in [0, 0.1) is 0 Å². The van der Waals surface area contributed by atoms with Crippen LogP contribution in [0.1, 0.15) is 32.6 Å². The molecule has 2 nitrogen and oxygen atoms in total. The van der Waals surface area contributed by atoms with E-state index in [1.807, 2.05) is 0 Å². The zero-order chi connectivity index (χ0) is 15.4. The summed E-state index contributed by atoms with van der Waals surface area (Å²) in [5.41, 5.74) is 3.83. The molecule has 0 fully saturated rings. The monoisotopic (exact) mass is 328 g/mol. The third-order valence-corrected chi connectivity index (χ3v) is 4.40. The van der Waals surface area contributed by atoms with Gasteiger partial charge in [0.25, 0.3) is 0 Å². The average Bonchev–Trinajstić information content (AvgIpc) is 2.57. The summed E-state index contributed by atoms with van der Waals surface area (Å²) in [6.45, 7) is 3.30. The van der Waals surface area contributed by atoms with Gasteiger partial charge in [-0.1, -0.05) is 50.5 Å². The van der Waals surface area contributed by atoms with Gasteiger partial charge in [0.2, 0.25) is 11.0 Å². The molecule has 0 saturated heterocycles. The number of nitrogens with zero attached hydrogens (tertiary/aromatic N) is 1. The van der Waals surface area contributed by atoms with Crippen LogP contribution in [0.5, 0.6) is 0 Å². The van der Waals surface area contributed by atoms with Crippen molar-refractivity contribution in [3.8, 4) is 0 Å². The van der Waals surface area contributed by atoms with Crippen LogP contribution >= 0.6 is 0 Å². The van der Waals surface area contributed by atoms with Crippen LogP contribution in [-0.2, 0) is 7.05 Å². The van der Waals surface area contributed by atoms with Crippen molar-refractivity contribution in [2.24, 2.45) is 7.05 Å². The Morgan fingerprint density at radius 3 is 1.96 bits per heavy atom. The van der Waals surface area contributed by atoms with Crippen molar-refractivity contribution in [1.29, 1.82) is 0 Å². The number of aromatic nitrogens is 1. The molecule has 1 heterocycles. The number of fused-ring (bicyclic) bond motifs is 2. The minimum Gasteiger partial charge on any atom is -1.00 e. The van der Waals surface area contributed by atoms with Gasteiger partial charge in [-0.15, -0.1) is 0 Å². The number of unbranched alkanes of at least 4 members (excludes halogenated alkanes) is 3. The molecular weight excluding hydrogens is 304 g/mol. The predicted octanol–water partition coefficient (Wildman–Crippen LogP) is 1.81. The van der Waals surface area contributed by atoms with E-state index in [0.717, 1.165) is 6.54 Å². The minimum absolute atomic E-state index is 0. The van der Waals surface area contributed by atoms with Crippen LogP contribution in [0.2, 0.25) is 0 Å². The summed E-state index contributed by atoms with van der Waals surface area (Å²) in [7, 11) is 2.15. The molecule has 2 aromatic carbocycles. The number of nitrogens with one attached hydrogen (secondary N) is 1. The maximum atomic E-state index is 3.70. The molecule has 0 unspecified atom stereocenters. The Kier molecular flexibility index (Phi) is 6.23. The smallest absolute Gasteiger partial charge is 0.214 e. The summed E-state index contributed by atoms with van der Waals surface area (Å²) in [5, 5.41) is 6.31. The van der Waals surface area contributed by atoms with Gasteiger partial charge in [-0.3, -0.25) is 0 Å². The van der Waals surface area contributed by atoms with E-state index in [-0.39, 0.29) is 12.4 Å². The van der Waals surface area contributed by atoms with Crippen molar-refractivity contribution in [2.45, 2.75) is 32.6 Å². The van der Waals surface area contributed by atoms with E-state index < -0.39 is 0 Å². The lowest BCUT2D eigenvalue weighted by molar-refractivity contribution is -0.617. The van der Waals surface area contributed by atoms with E-state index in [2.05, 4.69) is 72.4 Å².